The van der Waals surface area contributed by atoms with Crippen molar-refractivity contribution in [3.8, 4) is 6.07 Å². The first-order valence-electron chi connectivity index (χ1n) is 6.83. The molecular formula is C15H17N3O2. The van der Waals surface area contributed by atoms with Crippen LogP contribution in [0.3, 0.4) is 0 Å². The quantitative estimate of drug-likeness (QED) is 0.821. The topological polar surface area (TPSA) is 75.9 Å². The van der Waals surface area contributed by atoms with Crippen LogP contribution in [-0.2, 0) is 15.1 Å². The first kappa shape index (κ1) is 13.2. The second-order valence-electron chi connectivity index (χ2n) is 5.95. The average molecular weight is 271 g/mol. The lowest BCUT2D eigenvalue weighted by Gasteiger charge is -2.40. The van der Waals surface area contributed by atoms with Crippen LogP contribution in [0.25, 0.3) is 0 Å². The molecule has 2 saturated carbocycles. The number of methoxy groups -OCH3 is 1. The Kier molecular flexibility index (Phi) is 2.87. The van der Waals surface area contributed by atoms with Crippen LogP contribution in [0.5, 0.6) is 0 Å². The highest BCUT2D eigenvalue weighted by Crippen LogP contribution is 2.60. The summed E-state index contributed by atoms with van der Waals surface area (Å²) in [6, 6.07) is 2.15. The molecule has 5 heteroatoms. The molecule has 2 aliphatic rings. The normalized spacial score (nSPS) is 31.1. The van der Waals surface area contributed by atoms with E-state index >= 15 is 0 Å². The first-order chi connectivity index (χ1) is 9.55. The fourth-order valence-corrected chi connectivity index (χ4v) is 3.31. The molecule has 3 rings (SSSR count). The van der Waals surface area contributed by atoms with Gasteiger partial charge in [-0.1, -0.05) is 0 Å². The van der Waals surface area contributed by atoms with Gasteiger partial charge in [-0.25, -0.2) is 0 Å². The molecule has 1 heterocycles. The summed E-state index contributed by atoms with van der Waals surface area (Å²) in [5.74, 6) is -0.512. The van der Waals surface area contributed by atoms with Crippen molar-refractivity contribution in [2.75, 3.05) is 7.11 Å². The van der Waals surface area contributed by atoms with Crippen molar-refractivity contribution in [2.45, 2.75) is 38.2 Å². The lowest BCUT2D eigenvalue weighted by Crippen LogP contribution is -2.45. The molecule has 2 unspecified atom stereocenters. The molecule has 0 bridgehead atoms. The number of rotatable bonds is 2. The zero-order valence-electron chi connectivity index (χ0n) is 11.7. The Morgan fingerprint density at radius 1 is 1.45 bits per heavy atom. The van der Waals surface area contributed by atoms with E-state index in [4.69, 9.17) is 4.74 Å². The number of nitriles is 1. The second kappa shape index (κ2) is 4.35. The van der Waals surface area contributed by atoms with Gasteiger partial charge in [0, 0.05) is 25.1 Å². The van der Waals surface area contributed by atoms with E-state index in [-0.39, 0.29) is 11.2 Å². The van der Waals surface area contributed by atoms with E-state index in [1.54, 1.807) is 19.5 Å². The number of aromatic nitrogens is 2. The molecule has 0 saturated heterocycles. The Bertz CT molecular complexity index is 603. The van der Waals surface area contributed by atoms with Crippen LogP contribution >= 0.6 is 0 Å². The van der Waals surface area contributed by atoms with Crippen LogP contribution in [-0.4, -0.2) is 22.9 Å². The van der Waals surface area contributed by atoms with Gasteiger partial charge in [0.15, 0.2) is 5.78 Å². The van der Waals surface area contributed by atoms with Crippen molar-refractivity contribution in [3.05, 3.63) is 23.8 Å². The van der Waals surface area contributed by atoms with Crippen molar-refractivity contribution in [2.24, 2.45) is 11.3 Å². The van der Waals surface area contributed by atoms with E-state index in [2.05, 4.69) is 16.0 Å². The van der Waals surface area contributed by atoms with Gasteiger partial charge in [0.2, 0.25) is 0 Å². The van der Waals surface area contributed by atoms with Gasteiger partial charge in [-0.2, -0.15) is 5.26 Å². The Morgan fingerprint density at radius 2 is 2.20 bits per heavy atom. The van der Waals surface area contributed by atoms with Gasteiger partial charge in [-0.15, -0.1) is 0 Å². The molecule has 5 nitrogen and oxygen atoms in total. The number of ketones is 1. The van der Waals surface area contributed by atoms with Crippen molar-refractivity contribution in [3.63, 3.8) is 0 Å². The average Bonchev–Trinajstić information content (AvgIpc) is 3.22. The molecule has 0 aromatic carbocycles. The summed E-state index contributed by atoms with van der Waals surface area (Å²) < 4.78 is 5.77. The fraction of sp³-hybridized carbons (Fsp3) is 0.600. The predicted octanol–water partition coefficient (Wildman–Crippen LogP) is 1.91. The number of hydrogen-bond acceptors (Lipinski definition) is 5. The van der Waals surface area contributed by atoms with E-state index < -0.39 is 11.5 Å². The Morgan fingerprint density at radius 3 is 2.75 bits per heavy atom. The number of hydrogen-bond donors (Lipinski definition) is 0. The Labute approximate surface area is 118 Å². The van der Waals surface area contributed by atoms with Gasteiger partial charge < -0.3 is 4.74 Å². The van der Waals surface area contributed by atoms with E-state index in [1.807, 2.05) is 6.92 Å². The molecule has 2 fully saturated rings. The number of aryl methyl sites for hydroxylation is 1. The van der Waals surface area contributed by atoms with Gasteiger partial charge in [0.25, 0.3) is 0 Å². The third kappa shape index (κ3) is 1.83. The maximum atomic E-state index is 12.3. The minimum Gasteiger partial charge on any atom is -0.372 e. The largest absolute Gasteiger partial charge is 0.372 e. The lowest BCUT2D eigenvalue weighted by atomic mass is 9.68. The van der Waals surface area contributed by atoms with Crippen LogP contribution in [0.1, 0.15) is 37.1 Å². The van der Waals surface area contributed by atoms with Crippen LogP contribution in [0.15, 0.2) is 12.4 Å². The monoisotopic (exact) mass is 271 g/mol. The van der Waals surface area contributed by atoms with Crippen LogP contribution in [0.2, 0.25) is 0 Å². The first-order valence-corrected chi connectivity index (χ1v) is 6.83. The zero-order chi connectivity index (χ0) is 14.4. The van der Waals surface area contributed by atoms with Gasteiger partial charge in [-0.05, 0) is 26.2 Å². The van der Waals surface area contributed by atoms with Gasteiger partial charge in [-0.3, -0.25) is 14.8 Å². The predicted molar refractivity (Wildman–Crippen MR) is 70.5 cm³/mol. The van der Waals surface area contributed by atoms with E-state index in [0.717, 1.165) is 24.2 Å². The summed E-state index contributed by atoms with van der Waals surface area (Å²) >= 11 is 0. The van der Waals surface area contributed by atoms with Gasteiger partial charge >= 0.3 is 0 Å². The smallest absolute Gasteiger partial charge is 0.156 e. The summed E-state index contributed by atoms with van der Waals surface area (Å²) in [6.45, 7) is 1.88. The molecule has 0 N–H and O–H groups in total. The summed E-state index contributed by atoms with van der Waals surface area (Å²) in [6.07, 6.45) is 6.08. The minimum absolute atomic E-state index is 0.0910. The lowest BCUT2D eigenvalue weighted by molar-refractivity contribution is -0.142. The SMILES string of the molecule is COC1(c2cncc(C)n2)CC(C#N)C(=O)C2(CC2)C1. The number of carbonyl (C=O) groups excluding carboxylic acids is 1. The molecule has 0 amide bonds. The summed E-state index contributed by atoms with van der Waals surface area (Å²) in [5, 5.41) is 9.29. The van der Waals surface area contributed by atoms with Gasteiger partial charge in [0.05, 0.1) is 23.7 Å². The molecule has 0 aliphatic heterocycles. The molecule has 1 aromatic rings. The third-order valence-corrected chi connectivity index (χ3v) is 4.62. The molecule has 20 heavy (non-hydrogen) atoms. The molecular weight excluding hydrogens is 254 g/mol. The maximum absolute atomic E-state index is 12.3. The number of ether oxygens (including phenoxy) is 1. The van der Waals surface area contributed by atoms with Crippen molar-refractivity contribution >= 4 is 5.78 Å². The Hall–Kier alpha value is -1.80. The summed E-state index contributed by atoms with van der Waals surface area (Å²) in [7, 11) is 1.63. The molecule has 2 aliphatic carbocycles. The molecule has 2 atom stereocenters. The third-order valence-electron chi connectivity index (χ3n) is 4.62. The Balaban J connectivity index is 2.05. The van der Waals surface area contributed by atoms with Crippen LogP contribution in [0.4, 0.5) is 0 Å². The molecule has 1 aromatic heterocycles. The van der Waals surface area contributed by atoms with E-state index in [0.29, 0.717) is 12.8 Å². The van der Waals surface area contributed by atoms with Crippen LogP contribution in [0, 0.1) is 29.6 Å². The summed E-state index contributed by atoms with van der Waals surface area (Å²) in [4.78, 5) is 21.0. The van der Waals surface area contributed by atoms with Gasteiger partial charge in [0.1, 0.15) is 11.5 Å². The van der Waals surface area contributed by atoms with Crippen molar-refractivity contribution in [1.82, 2.24) is 9.97 Å². The summed E-state index contributed by atoms with van der Waals surface area (Å²) in [5.41, 5.74) is 0.525. The number of carbonyl (C=O) groups is 1. The second-order valence-corrected chi connectivity index (χ2v) is 5.95. The number of Topliss-reactive ketones (excluding diaryl/α,β-unsaturated/α-hetero) is 1. The van der Waals surface area contributed by atoms with E-state index in [9.17, 15) is 10.1 Å². The highest BCUT2D eigenvalue weighted by Gasteiger charge is 2.61. The van der Waals surface area contributed by atoms with Crippen molar-refractivity contribution in [1.29, 1.82) is 5.26 Å². The van der Waals surface area contributed by atoms with Crippen molar-refractivity contribution < 1.29 is 9.53 Å². The highest BCUT2D eigenvalue weighted by atomic mass is 16.5. The molecule has 104 valence electrons. The highest BCUT2D eigenvalue weighted by molar-refractivity contribution is 5.92. The zero-order valence-corrected chi connectivity index (χ0v) is 11.7. The fourth-order valence-electron chi connectivity index (χ4n) is 3.31. The molecule has 1 spiro atoms. The molecule has 0 radical (unpaired) electrons. The maximum Gasteiger partial charge on any atom is 0.156 e. The minimum atomic E-state index is -0.663. The van der Waals surface area contributed by atoms with Crippen LogP contribution < -0.4 is 0 Å². The van der Waals surface area contributed by atoms with E-state index in [1.165, 1.54) is 0 Å². The number of nitrogens with zero attached hydrogens (tertiary/aromatic N) is 3. The standard InChI is InChI=1S/C15H17N3O2/c1-10-7-17-8-12(18-10)15(20-2)5-11(6-16)13(19)14(9-15)3-4-14/h7-8,11H,3-5,9H2,1-2H3.